The number of carbonyl (C=O) groups excluding carboxylic acids is 1. The molecule has 1 aliphatic carbocycles. The van der Waals surface area contributed by atoms with Crippen LogP contribution in [0.5, 0.6) is 5.75 Å². The summed E-state index contributed by atoms with van der Waals surface area (Å²) in [6, 6.07) is 12.8. The number of carbonyl (C=O) groups is 1. The summed E-state index contributed by atoms with van der Waals surface area (Å²) in [6.07, 6.45) is 15.2. The van der Waals surface area contributed by atoms with E-state index in [1.165, 1.54) is 75.2 Å². The predicted octanol–water partition coefficient (Wildman–Crippen LogP) is 8.18. The van der Waals surface area contributed by atoms with Crippen LogP contribution in [0.3, 0.4) is 0 Å². The van der Waals surface area contributed by atoms with E-state index in [4.69, 9.17) is 4.74 Å². The molecule has 2 nitrogen and oxygen atoms in total. The zero-order valence-electron chi connectivity index (χ0n) is 18.4. The van der Waals surface area contributed by atoms with E-state index in [0.29, 0.717) is 18.1 Å². The molecule has 0 unspecified atom stereocenters. The number of ether oxygens (including phenoxy) is 1. The van der Waals surface area contributed by atoms with Crippen LogP contribution in [0.15, 0.2) is 36.4 Å². The van der Waals surface area contributed by atoms with Gasteiger partial charge in [-0.2, -0.15) is 0 Å². The Hall–Kier alpha value is -1.83. The maximum Gasteiger partial charge on any atom is 0.311 e. The lowest BCUT2D eigenvalue weighted by Gasteiger charge is -2.29. The highest BCUT2D eigenvalue weighted by atomic mass is 16.5. The molecule has 29 heavy (non-hydrogen) atoms. The normalized spacial score (nSPS) is 19.4. The number of unbranched alkanes of at least 4 members (excludes halogenated alkanes) is 4. The Labute approximate surface area is 177 Å². The number of fused-ring (bicyclic) bond motifs is 1. The van der Waals surface area contributed by atoms with Gasteiger partial charge in [0, 0.05) is 6.42 Å². The first-order valence-corrected chi connectivity index (χ1v) is 11.9. The van der Waals surface area contributed by atoms with Gasteiger partial charge >= 0.3 is 5.97 Å². The van der Waals surface area contributed by atoms with E-state index in [1.807, 2.05) is 19.1 Å². The van der Waals surface area contributed by atoms with Gasteiger partial charge in [0.15, 0.2) is 0 Å². The maximum atomic E-state index is 11.7. The number of esters is 1. The van der Waals surface area contributed by atoms with Crippen molar-refractivity contribution in [2.45, 2.75) is 96.8 Å². The van der Waals surface area contributed by atoms with Crippen LogP contribution in [0, 0.1) is 5.92 Å². The molecule has 0 heterocycles. The van der Waals surface area contributed by atoms with Gasteiger partial charge in [0.05, 0.1) is 0 Å². The van der Waals surface area contributed by atoms with Gasteiger partial charge in [0.2, 0.25) is 0 Å². The minimum atomic E-state index is -0.148. The highest BCUT2D eigenvalue weighted by molar-refractivity contribution is 5.85. The van der Waals surface area contributed by atoms with E-state index in [1.54, 1.807) is 0 Å². The van der Waals surface area contributed by atoms with Crippen molar-refractivity contribution >= 4 is 16.7 Å². The van der Waals surface area contributed by atoms with E-state index in [2.05, 4.69) is 31.2 Å². The quantitative estimate of drug-likeness (QED) is 0.231. The molecule has 0 saturated heterocycles. The standard InChI is InChI=1S/C27H38O2/c1-3-5-6-7-8-10-21-11-13-22(14-12-21)23-15-16-25-20-26(18-17-24(25)19-23)29-27(28)9-4-2/h15-22H,3-14H2,1-2H3/t21-,22-. The molecular formula is C27H38O2. The second-order valence-electron chi connectivity index (χ2n) is 8.91. The van der Waals surface area contributed by atoms with Crippen molar-refractivity contribution in [3.05, 3.63) is 42.0 Å². The minimum absolute atomic E-state index is 0.148. The van der Waals surface area contributed by atoms with Crippen molar-refractivity contribution < 1.29 is 9.53 Å². The van der Waals surface area contributed by atoms with Crippen LogP contribution >= 0.6 is 0 Å². The SMILES string of the molecule is CCCCCCC[C@H]1CC[C@H](c2ccc3cc(OC(=O)CCC)ccc3c2)CC1. The zero-order valence-corrected chi connectivity index (χ0v) is 18.4. The van der Waals surface area contributed by atoms with E-state index in [9.17, 15) is 4.79 Å². The molecule has 0 amide bonds. The second kappa shape index (κ2) is 11.4. The molecule has 0 aromatic heterocycles. The summed E-state index contributed by atoms with van der Waals surface area (Å²) in [5.41, 5.74) is 1.48. The van der Waals surface area contributed by atoms with Gasteiger partial charge in [0.25, 0.3) is 0 Å². The van der Waals surface area contributed by atoms with Crippen LogP contribution in [-0.2, 0) is 4.79 Å². The Morgan fingerprint density at radius 2 is 1.59 bits per heavy atom. The molecule has 2 aromatic carbocycles. The van der Waals surface area contributed by atoms with Crippen molar-refractivity contribution in [2.24, 2.45) is 5.92 Å². The molecule has 3 rings (SSSR count). The number of hydrogen-bond acceptors (Lipinski definition) is 2. The third-order valence-corrected chi connectivity index (χ3v) is 6.56. The summed E-state index contributed by atoms with van der Waals surface area (Å²) in [5, 5.41) is 2.40. The van der Waals surface area contributed by atoms with Gasteiger partial charge in [-0.25, -0.2) is 0 Å². The Morgan fingerprint density at radius 1 is 0.862 bits per heavy atom. The Balaban J connectivity index is 1.52. The molecule has 0 atom stereocenters. The third-order valence-electron chi connectivity index (χ3n) is 6.56. The van der Waals surface area contributed by atoms with Crippen LogP contribution in [-0.4, -0.2) is 5.97 Å². The van der Waals surface area contributed by atoms with Gasteiger partial charge in [-0.05, 0) is 72.4 Å². The van der Waals surface area contributed by atoms with Crippen molar-refractivity contribution in [1.82, 2.24) is 0 Å². The smallest absolute Gasteiger partial charge is 0.311 e. The zero-order chi connectivity index (χ0) is 20.5. The molecule has 0 spiro atoms. The fraction of sp³-hybridized carbons (Fsp3) is 0.593. The maximum absolute atomic E-state index is 11.7. The molecule has 158 valence electrons. The van der Waals surface area contributed by atoms with E-state index in [-0.39, 0.29) is 5.97 Å². The molecule has 1 saturated carbocycles. The van der Waals surface area contributed by atoms with E-state index in [0.717, 1.165) is 17.7 Å². The van der Waals surface area contributed by atoms with Crippen LogP contribution in [0.1, 0.15) is 102 Å². The topological polar surface area (TPSA) is 26.3 Å². The summed E-state index contributed by atoms with van der Waals surface area (Å²) in [4.78, 5) is 11.7. The fourth-order valence-electron chi connectivity index (χ4n) is 4.77. The first-order chi connectivity index (χ1) is 14.2. The molecule has 1 fully saturated rings. The minimum Gasteiger partial charge on any atom is -0.427 e. The third kappa shape index (κ3) is 6.59. The summed E-state index contributed by atoms with van der Waals surface area (Å²) < 4.78 is 5.44. The largest absolute Gasteiger partial charge is 0.427 e. The molecule has 0 radical (unpaired) electrons. The lowest BCUT2D eigenvalue weighted by molar-refractivity contribution is -0.134. The van der Waals surface area contributed by atoms with Gasteiger partial charge in [-0.3, -0.25) is 4.79 Å². The summed E-state index contributed by atoms with van der Waals surface area (Å²) >= 11 is 0. The highest BCUT2D eigenvalue weighted by Crippen LogP contribution is 2.38. The van der Waals surface area contributed by atoms with Crippen molar-refractivity contribution in [3.8, 4) is 5.75 Å². The van der Waals surface area contributed by atoms with Gasteiger partial charge in [-0.1, -0.05) is 76.6 Å². The average Bonchev–Trinajstić information content (AvgIpc) is 2.74. The van der Waals surface area contributed by atoms with Crippen molar-refractivity contribution in [3.63, 3.8) is 0 Å². The van der Waals surface area contributed by atoms with Gasteiger partial charge < -0.3 is 4.74 Å². The molecule has 2 aromatic rings. The summed E-state index contributed by atoms with van der Waals surface area (Å²) in [5.74, 6) is 2.17. The van der Waals surface area contributed by atoms with Crippen LogP contribution in [0.2, 0.25) is 0 Å². The average molecular weight is 395 g/mol. The number of rotatable bonds is 10. The second-order valence-corrected chi connectivity index (χ2v) is 8.91. The van der Waals surface area contributed by atoms with Crippen LogP contribution < -0.4 is 4.74 Å². The Morgan fingerprint density at radius 3 is 2.34 bits per heavy atom. The Bertz CT molecular complexity index is 771. The molecule has 0 N–H and O–H groups in total. The molecular weight excluding hydrogens is 356 g/mol. The summed E-state index contributed by atoms with van der Waals surface area (Å²) in [7, 11) is 0. The first kappa shape index (κ1) is 21.9. The molecule has 2 heteroatoms. The molecule has 1 aliphatic rings. The monoisotopic (exact) mass is 394 g/mol. The number of hydrogen-bond donors (Lipinski definition) is 0. The van der Waals surface area contributed by atoms with E-state index < -0.39 is 0 Å². The van der Waals surface area contributed by atoms with Gasteiger partial charge in [-0.15, -0.1) is 0 Å². The fourth-order valence-corrected chi connectivity index (χ4v) is 4.77. The van der Waals surface area contributed by atoms with Crippen molar-refractivity contribution in [2.75, 3.05) is 0 Å². The highest BCUT2D eigenvalue weighted by Gasteiger charge is 2.22. The van der Waals surface area contributed by atoms with Crippen LogP contribution in [0.4, 0.5) is 0 Å². The van der Waals surface area contributed by atoms with Crippen LogP contribution in [0.25, 0.3) is 10.8 Å². The predicted molar refractivity (Wildman–Crippen MR) is 123 cm³/mol. The van der Waals surface area contributed by atoms with E-state index >= 15 is 0 Å². The van der Waals surface area contributed by atoms with Crippen molar-refractivity contribution in [1.29, 1.82) is 0 Å². The summed E-state index contributed by atoms with van der Waals surface area (Å²) in [6.45, 7) is 4.28. The first-order valence-electron chi connectivity index (χ1n) is 11.9. The molecule has 0 aliphatic heterocycles. The number of benzene rings is 2. The Kier molecular flexibility index (Phi) is 8.58. The molecule has 0 bridgehead atoms. The lowest BCUT2D eigenvalue weighted by atomic mass is 9.77. The lowest BCUT2D eigenvalue weighted by Crippen LogP contribution is -2.13. The van der Waals surface area contributed by atoms with Gasteiger partial charge in [0.1, 0.15) is 5.75 Å².